The molecule has 0 nitrogen and oxygen atoms in total. The second kappa shape index (κ2) is 22.6. The SMILES string of the molecule is CCCCCCCCCCCCCCCCCCCCCCC=Cc1ccccc1. The standard InChI is InChI=1S/C30H52/c1-2-3-4-5-6-7-8-9-10-11-12-13-14-15-16-17-18-19-20-21-22-24-27-30-28-25-23-26-29-30/h23-29H,2-22H2,1H3. The van der Waals surface area contributed by atoms with Gasteiger partial charge in [0.25, 0.3) is 0 Å². The van der Waals surface area contributed by atoms with Crippen LogP contribution in [0.5, 0.6) is 0 Å². The summed E-state index contributed by atoms with van der Waals surface area (Å²) in [6.07, 6.45) is 34.9. The summed E-state index contributed by atoms with van der Waals surface area (Å²) < 4.78 is 0. The maximum atomic E-state index is 2.34. The molecule has 0 heteroatoms. The van der Waals surface area contributed by atoms with E-state index in [0.29, 0.717) is 0 Å². The van der Waals surface area contributed by atoms with Crippen molar-refractivity contribution in [2.45, 2.75) is 142 Å². The van der Waals surface area contributed by atoms with Gasteiger partial charge in [-0.15, -0.1) is 0 Å². The van der Waals surface area contributed by atoms with Crippen LogP contribution in [0.1, 0.15) is 147 Å². The van der Waals surface area contributed by atoms with Crippen molar-refractivity contribution < 1.29 is 0 Å². The Morgan fingerprint density at radius 3 is 1.23 bits per heavy atom. The largest absolute Gasteiger partial charge is 0.0839 e. The Labute approximate surface area is 190 Å². The van der Waals surface area contributed by atoms with Gasteiger partial charge < -0.3 is 0 Å². The number of rotatable bonds is 22. The molecule has 0 saturated carbocycles. The molecule has 0 heterocycles. The van der Waals surface area contributed by atoms with Crippen molar-refractivity contribution in [1.29, 1.82) is 0 Å². The van der Waals surface area contributed by atoms with Crippen LogP contribution in [0.2, 0.25) is 0 Å². The Morgan fingerprint density at radius 2 is 0.833 bits per heavy atom. The summed E-state index contributed by atoms with van der Waals surface area (Å²) in [6, 6.07) is 10.6. The zero-order chi connectivity index (χ0) is 21.4. The van der Waals surface area contributed by atoms with Crippen LogP contribution in [-0.2, 0) is 0 Å². The molecule has 0 saturated heterocycles. The highest BCUT2D eigenvalue weighted by Crippen LogP contribution is 2.15. The molecule has 30 heavy (non-hydrogen) atoms. The van der Waals surface area contributed by atoms with Crippen molar-refractivity contribution in [3.63, 3.8) is 0 Å². The lowest BCUT2D eigenvalue weighted by molar-refractivity contribution is 0.522. The molecule has 0 radical (unpaired) electrons. The van der Waals surface area contributed by atoms with E-state index >= 15 is 0 Å². The van der Waals surface area contributed by atoms with Crippen LogP contribution in [0.4, 0.5) is 0 Å². The second-order valence-electron chi connectivity index (χ2n) is 9.32. The van der Waals surface area contributed by atoms with Crippen molar-refractivity contribution in [2.24, 2.45) is 0 Å². The molecule has 0 aromatic heterocycles. The molecule has 0 aliphatic carbocycles. The second-order valence-corrected chi connectivity index (χ2v) is 9.32. The summed E-state index contributed by atoms with van der Waals surface area (Å²) in [7, 11) is 0. The Balaban J connectivity index is 1.69. The van der Waals surface area contributed by atoms with Gasteiger partial charge in [0.2, 0.25) is 0 Å². The van der Waals surface area contributed by atoms with Crippen molar-refractivity contribution >= 4 is 6.08 Å². The van der Waals surface area contributed by atoms with Gasteiger partial charge >= 0.3 is 0 Å². The van der Waals surface area contributed by atoms with E-state index in [2.05, 4.69) is 49.4 Å². The van der Waals surface area contributed by atoms with Gasteiger partial charge in [-0.3, -0.25) is 0 Å². The van der Waals surface area contributed by atoms with Crippen molar-refractivity contribution in [2.75, 3.05) is 0 Å². The minimum atomic E-state index is 1.23. The lowest BCUT2D eigenvalue weighted by Gasteiger charge is -2.04. The molecule has 0 aliphatic heterocycles. The van der Waals surface area contributed by atoms with Gasteiger partial charge in [-0.05, 0) is 18.4 Å². The average molecular weight is 413 g/mol. The lowest BCUT2D eigenvalue weighted by Crippen LogP contribution is -1.84. The van der Waals surface area contributed by atoms with Gasteiger partial charge in [0.15, 0.2) is 0 Å². The van der Waals surface area contributed by atoms with E-state index in [1.54, 1.807) is 0 Å². The van der Waals surface area contributed by atoms with Gasteiger partial charge in [-0.2, -0.15) is 0 Å². The first-order valence-corrected chi connectivity index (χ1v) is 13.6. The molecule has 0 spiro atoms. The number of allylic oxidation sites excluding steroid dienone is 1. The maximum absolute atomic E-state index is 2.34. The molecule has 0 amide bonds. The van der Waals surface area contributed by atoms with Gasteiger partial charge in [0.1, 0.15) is 0 Å². The van der Waals surface area contributed by atoms with E-state index in [9.17, 15) is 0 Å². The van der Waals surface area contributed by atoms with Crippen LogP contribution >= 0.6 is 0 Å². The fraction of sp³-hybridized carbons (Fsp3) is 0.733. The quantitative estimate of drug-likeness (QED) is 0.166. The Morgan fingerprint density at radius 1 is 0.467 bits per heavy atom. The van der Waals surface area contributed by atoms with Crippen LogP contribution in [0.25, 0.3) is 6.08 Å². The minimum absolute atomic E-state index is 1.23. The maximum Gasteiger partial charge on any atom is -0.0260 e. The van der Waals surface area contributed by atoms with Gasteiger partial charge in [0.05, 0.1) is 0 Å². The first-order chi connectivity index (χ1) is 14.9. The predicted molar refractivity (Wildman–Crippen MR) is 138 cm³/mol. The zero-order valence-corrected chi connectivity index (χ0v) is 20.4. The molecule has 0 N–H and O–H groups in total. The highest BCUT2D eigenvalue weighted by Gasteiger charge is 1.95. The van der Waals surface area contributed by atoms with Crippen molar-refractivity contribution in [3.8, 4) is 0 Å². The van der Waals surface area contributed by atoms with Crippen LogP contribution < -0.4 is 0 Å². The predicted octanol–water partition coefficient (Wildman–Crippen LogP) is 10.9. The average Bonchev–Trinajstić information content (AvgIpc) is 2.78. The van der Waals surface area contributed by atoms with Gasteiger partial charge in [0, 0.05) is 0 Å². The summed E-state index contributed by atoms with van der Waals surface area (Å²) >= 11 is 0. The van der Waals surface area contributed by atoms with E-state index in [0.717, 1.165) is 0 Å². The van der Waals surface area contributed by atoms with E-state index in [4.69, 9.17) is 0 Å². The van der Waals surface area contributed by atoms with Crippen LogP contribution in [-0.4, -0.2) is 0 Å². The molecule has 0 aliphatic rings. The van der Waals surface area contributed by atoms with E-state index in [1.165, 1.54) is 140 Å². The third kappa shape index (κ3) is 19.0. The normalized spacial score (nSPS) is 11.5. The Bertz CT molecular complexity index is 458. The molecule has 172 valence electrons. The number of benzene rings is 1. The fourth-order valence-corrected chi connectivity index (χ4v) is 4.30. The van der Waals surface area contributed by atoms with Crippen molar-refractivity contribution in [1.82, 2.24) is 0 Å². The van der Waals surface area contributed by atoms with Gasteiger partial charge in [-0.25, -0.2) is 0 Å². The molecule has 0 bridgehead atoms. The summed E-state index contributed by atoms with van der Waals surface area (Å²) in [4.78, 5) is 0. The summed E-state index contributed by atoms with van der Waals surface area (Å²) in [5.74, 6) is 0. The number of hydrogen-bond donors (Lipinski definition) is 0. The van der Waals surface area contributed by atoms with E-state index < -0.39 is 0 Å². The number of unbranched alkanes of at least 4 members (excludes halogenated alkanes) is 20. The van der Waals surface area contributed by atoms with E-state index in [-0.39, 0.29) is 0 Å². The first-order valence-electron chi connectivity index (χ1n) is 13.6. The molecule has 0 atom stereocenters. The highest BCUT2D eigenvalue weighted by molar-refractivity contribution is 5.48. The van der Waals surface area contributed by atoms with Gasteiger partial charge in [-0.1, -0.05) is 171 Å². The zero-order valence-electron chi connectivity index (χ0n) is 20.4. The fourth-order valence-electron chi connectivity index (χ4n) is 4.30. The molecular weight excluding hydrogens is 360 g/mol. The summed E-state index contributed by atoms with van der Waals surface area (Å²) in [5.41, 5.74) is 1.32. The minimum Gasteiger partial charge on any atom is -0.0839 e. The molecule has 1 aromatic rings. The summed E-state index contributed by atoms with van der Waals surface area (Å²) in [5, 5.41) is 0. The Hall–Kier alpha value is -1.04. The topological polar surface area (TPSA) is 0 Å². The van der Waals surface area contributed by atoms with Crippen molar-refractivity contribution in [3.05, 3.63) is 42.0 Å². The van der Waals surface area contributed by atoms with E-state index in [1.807, 2.05) is 0 Å². The molecule has 1 aromatic carbocycles. The monoisotopic (exact) mass is 412 g/mol. The first kappa shape index (κ1) is 27.0. The number of hydrogen-bond acceptors (Lipinski definition) is 0. The smallest absolute Gasteiger partial charge is 0.0260 e. The molecule has 0 unspecified atom stereocenters. The third-order valence-corrected chi connectivity index (χ3v) is 6.33. The Kier molecular flexibility index (Phi) is 20.4. The van der Waals surface area contributed by atoms with Crippen LogP contribution in [0, 0.1) is 0 Å². The summed E-state index contributed by atoms with van der Waals surface area (Å²) in [6.45, 7) is 2.30. The lowest BCUT2D eigenvalue weighted by atomic mass is 10.0. The van der Waals surface area contributed by atoms with Crippen LogP contribution in [0.3, 0.4) is 0 Å². The molecular formula is C30H52. The molecule has 1 rings (SSSR count). The van der Waals surface area contributed by atoms with Crippen LogP contribution in [0.15, 0.2) is 36.4 Å². The third-order valence-electron chi connectivity index (χ3n) is 6.33. The molecule has 0 fully saturated rings. The highest BCUT2D eigenvalue weighted by atomic mass is 14.0.